The molecule has 1 fully saturated rings. The van der Waals surface area contributed by atoms with E-state index in [1.807, 2.05) is 30.0 Å². The first-order valence-electron chi connectivity index (χ1n) is 6.74. The standard InChI is InChI=1S/C15H22N2OS/c1-11-4-5-13(19)10-14(11)15(18)17-8-6-12(7-9-17)16(2)3/h4-5,10,12,19H,6-9H2,1-3H3. The van der Waals surface area contributed by atoms with Crippen LogP contribution in [-0.4, -0.2) is 48.9 Å². The van der Waals surface area contributed by atoms with Crippen LogP contribution in [0.1, 0.15) is 28.8 Å². The second kappa shape index (κ2) is 5.97. The molecule has 4 heteroatoms. The molecule has 0 bridgehead atoms. The van der Waals surface area contributed by atoms with Crippen LogP contribution < -0.4 is 0 Å². The van der Waals surface area contributed by atoms with Crippen molar-refractivity contribution in [3.05, 3.63) is 29.3 Å². The van der Waals surface area contributed by atoms with Crippen LogP contribution in [0.5, 0.6) is 0 Å². The number of carbonyl (C=O) groups excluding carboxylic acids is 1. The molecule has 1 aliphatic heterocycles. The molecule has 0 saturated carbocycles. The molecule has 19 heavy (non-hydrogen) atoms. The van der Waals surface area contributed by atoms with Crippen molar-refractivity contribution in [1.29, 1.82) is 0 Å². The molecular weight excluding hydrogens is 256 g/mol. The number of likely N-dealkylation sites (tertiary alicyclic amines) is 1. The van der Waals surface area contributed by atoms with Crippen molar-refractivity contribution in [3.8, 4) is 0 Å². The summed E-state index contributed by atoms with van der Waals surface area (Å²) in [5.41, 5.74) is 1.81. The molecule has 0 aromatic heterocycles. The Morgan fingerprint density at radius 2 is 1.95 bits per heavy atom. The lowest BCUT2D eigenvalue weighted by Crippen LogP contribution is -2.44. The van der Waals surface area contributed by atoms with Gasteiger partial charge in [0.05, 0.1) is 0 Å². The molecule has 1 amide bonds. The largest absolute Gasteiger partial charge is 0.339 e. The first-order valence-corrected chi connectivity index (χ1v) is 7.19. The van der Waals surface area contributed by atoms with E-state index in [1.165, 1.54) is 0 Å². The lowest BCUT2D eigenvalue weighted by molar-refractivity contribution is 0.0662. The lowest BCUT2D eigenvalue weighted by Gasteiger charge is -2.35. The van der Waals surface area contributed by atoms with Crippen molar-refractivity contribution in [3.63, 3.8) is 0 Å². The van der Waals surface area contributed by atoms with Gasteiger partial charge in [-0.3, -0.25) is 4.79 Å². The maximum atomic E-state index is 12.5. The summed E-state index contributed by atoms with van der Waals surface area (Å²) in [6.07, 6.45) is 2.11. The van der Waals surface area contributed by atoms with Gasteiger partial charge in [0.2, 0.25) is 0 Å². The quantitative estimate of drug-likeness (QED) is 0.840. The molecule has 0 unspecified atom stereocenters. The number of carbonyl (C=O) groups is 1. The van der Waals surface area contributed by atoms with Gasteiger partial charge in [-0.25, -0.2) is 0 Å². The zero-order valence-corrected chi connectivity index (χ0v) is 12.8. The molecule has 1 aromatic rings. The summed E-state index contributed by atoms with van der Waals surface area (Å²) in [7, 11) is 4.22. The van der Waals surface area contributed by atoms with Crippen LogP contribution >= 0.6 is 12.6 Å². The molecule has 2 rings (SSSR count). The third-order valence-electron chi connectivity index (χ3n) is 3.93. The molecule has 3 nitrogen and oxygen atoms in total. The predicted octanol–water partition coefficient (Wildman–Crippen LogP) is 2.45. The van der Waals surface area contributed by atoms with Crippen LogP contribution in [0.2, 0.25) is 0 Å². The number of hydrogen-bond donors (Lipinski definition) is 1. The zero-order chi connectivity index (χ0) is 14.0. The molecule has 1 aliphatic rings. The normalized spacial score (nSPS) is 17.0. The Balaban J connectivity index is 2.07. The van der Waals surface area contributed by atoms with E-state index in [-0.39, 0.29) is 5.91 Å². The van der Waals surface area contributed by atoms with Crippen molar-refractivity contribution in [1.82, 2.24) is 9.80 Å². The predicted molar refractivity (Wildman–Crippen MR) is 81.0 cm³/mol. The third-order valence-corrected chi connectivity index (χ3v) is 4.21. The molecular formula is C15H22N2OS. The van der Waals surface area contributed by atoms with Crippen molar-refractivity contribution in [2.75, 3.05) is 27.2 Å². The van der Waals surface area contributed by atoms with Gasteiger partial charge in [-0.2, -0.15) is 0 Å². The van der Waals surface area contributed by atoms with Gasteiger partial charge in [-0.05, 0) is 51.6 Å². The number of hydrogen-bond acceptors (Lipinski definition) is 3. The molecule has 0 atom stereocenters. The highest BCUT2D eigenvalue weighted by Crippen LogP contribution is 2.20. The van der Waals surface area contributed by atoms with Gasteiger partial charge in [-0.1, -0.05) is 6.07 Å². The van der Waals surface area contributed by atoms with Gasteiger partial charge < -0.3 is 9.80 Å². The number of piperidine rings is 1. The van der Waals surface area contributed by atoms with Crippen LogP contribution in [0, 0.1) is 6.92 Å². The van der Waals surface area contributed by atoms with Gasteiger partial charge in [0.1, 0.15) is 0 Å². The minimum Gasteiger partial charge on any atom is -0.339 e. The van der Waals surface area contributed by atoms with Crippen LogP contribution in [0.15, 0.2) is 23.1 Å². The highest BCUT2D eigenvalue weighted by Gasteiger charge is 2.25. The lowest BCUT2D eigenvalue weighted by atomic mass is 10.0. The van der Waals surface area contributed by atoms with Crippen molar-refractivity contribution < 1.29 is 4.79 Å². The van der Waals surface area contributed by atoms with Crippen molar-refractivity contribution >= 4 is 18.5 Å². The van der Waals surface area contributed by atoms with Gasteiger partial charge in [0.25, 0.3) is 5.91 Å². The van der Waals surface area contributed by atoms with E-state index >= 15 is 0 Å². The molecule has 0 aliphatic carbocycles. The van der Waals surface area contributed by atoms with E-state index in [1.54, 1.807) is 0 Å². The van der Waals surface area contributed by atoms with E-state index in [2.05, 4.69) is 31.6 Å². The minimum absolute atomic E-state index is 0.144. The van der Waals surface area contributed by atoms with Crippen molar-refractivity contribution in [2.45, 2.75) is 30.7 Å². The number of thiol groups is 1. The zero-order valence-electron chi connectivity index (χ0n) is 11.9. The number of aryl methyl sites for hydroxylation is 1. The molecule has 0 spiro atoms. The first kappa shape index (κ1) is 14.4. The van der Waals surface area contributed by atoms with Crippen molar-refractivity contribution in [2.24, 2.45) is 0 Å². The molecule has 1 saturated heterocycles. The summed E-state index contributed by atoms with van der Waals surface area (Å²) in [4.78, 5) is 17.6. The van der Waals surface area contributed by atoms with Gasteiger partial charge >= 0.3 is 0 Å². The van der Waals surface area contributed by atoms with Gasteiger partial charge in [-0.15, -0.1) is 12.6 Å². The molecule has 1 aromatic carbocycles. The SMILES string of the molecule is Cc1ccc(S)cc1C(=O)N1CCC(N(C)C)CC1. The Kier molecular flexibility index (Phi) is 4.53. The first-order chi connectivity index (χ1) is 8.99. The summed E-state index contributed by atoms with van der Waals surface area (Å²) < 4.78 is 0. The second-order valence-electron chi connectivity index (χ2n) is 5.49. The Morgan fingerprint density at radius 1 is 1.32 bits per heavy atom. The number of rotatable bonds is 2. The fraction of sp³-hybridized carbons (Fsp3) is 0.533. The van der Waals surface area contributed by atoms with E-state index in [9.17, 15) is 4.79 Å². The topological polar surface area (TPSA) is 23.6 Å². The number of amides is 1. The Morgan fingerprint density at radius 3 is 2.53 bits per heavy atom. The van der Waals surface area contributed by atoms with Gasteiger partial charge in [0, 0.05) is 29.6 Å². The van der Waals surface area contributed by atoms with Gasteiger partial charge in [0.15, 0.2) is 0 Å². The summed E-state index contributed by atoms with van der Waals surface area (Å²) in [6.45, 7) is 3.67. The Hall–Kier alpha value is -1.00. The van der Waals surface area contributed by atoms with E-state index in [0.717, 1.165) is 42.0 Å². The monoisotopic (exact) mass is 278 g/mol. The van der Waals surface area contributed by atoms with Crippen LogP contribution in [-0.2, 0) is 0 Å². The summed E-state index contributed by atoms with van der Waals surface area (Å²) >= 11 is 4.32. The summed E-state index contributed by atoms with van der Waals surface area (Å²) in [5, 5.41) is 0. The van der Waals surface area contributed by atoms with Crippen LogP contribution in [0.4, 0.5) is 0 Å². The molecule has 0 radical (unpaired) electrons. The number of benzene rings is 1. The van der Waals surface area contributed by atoms with Crippen LogP contribution in [0.3, 0.4) is 0 Å². The number of nitrogens with zero attached hydrogens (tertiary/aromatic N) is 2. The average molecular weight is 278 g/mol. The molecule has 104 valence electrons. The maximum Gasteiger partial charge on any atom is 0.254 e. The fourth-order valence-corrected chi connectivity index (χ4v) is 2.80. The van der Waals surface area contributed by atoms with E-state index in [0.29, 0.717) is 6.04 Å². The van der Waals surface area contributed by atoms with E-state index < -0.39 is 0 Å². The highest BCUT2D eigenvalue weighted by molar-refractivity contribution is 7.80. The summed E-state index contributed by atoms with van der Waals surface area (Å²) in [6, 6.07) is 6.36. The smallest absolute Gasteiger partial charge is 0.254 e. The third kappa shape index (κ3) is 3.31. The van der Waals surface area contributed by atoms with E-state index in [4.69, 9.17) is 0 Å². The Bertz CT molecular complexity index is 465. The summed E-state index contributed by atoms with van der Waals surface area (Å²) in [5.74, 6) is 0.144. The fourth-order valence-electron chi connectivity index (χ4n) is 2.60. The molecule has 1 heterocycles. The van der Waals surface area contributed by atoms with Crippen LogP contribution in [0.25, 0.3) is 0 Å². The molecule has 0 N–H and O–H groups in total. The second-order valence-corrected chi connectivity index (χ2v) is 6.00. The minimum atomic E-state index is 0.144. The average Bonchev–Trinajstić information content (AvgIpc) is 2.41. The Labute approximate surface area is 121 Å². The maximum absolute atomic E-state index is 12.5. The highest BCUT2D eigenvalue weighted by atomic mass is 32.1.